The average molecular weight is 264 g/mol. The summed E-state index contributed by atoms with van der Waals surface area (Å²) in [5, 5.41) is 0. The van der Waals surface area contributed by atoms with Crippen molar-refractivity contribution in [2.45, 2.75) is 38.4 Å². The van der Waals surface area contributed by atoms with Gasteiger partial charge in [-0.3, -0.25) is 4.90 Å². The minimum atomic E-state index is 0.157. The Bertz CT molecular complexity index is 434. The first-order valence-electron chi connectivity index (χ1n) is 6.81. The maximum Gasteiger partial charge on any atom is 0.127 e. The lowest BCUT2D eigenvalue weighted by atomic mass is 9.99. The summed E-state index contributed by atoms with van der Waals surface area (Å²) in [7, 11) is 3.36. The van der Waals surface area contributed by atoms with Gasteiger partial charge in [-0.05, 0) is 26.3 Å². The Labute approximate surface area is 115 Å². The van der Waals surface area contributed by atoms with E-state index < -0.39 is 0 Å². The molecule has 2 rings (SSSR count). The van der Waals surface area contributed by atoms with Gasteiger partial charge in [0, 0.05) is 30.3 Å². The first-order chi connectivity index (χ1) is 9.08. The molecule has 4 heteroatoms. The van der Waals surface area contributed by atoms with Gasteiger partial charge in [0.05, 0.1) is 20.3 Å². The van der Waals surface area contributed by atoms with Crippen LogP contribution < -0.4 is 15.2 Å². The van der Waals surface area contributed by atoms with Gasteiger partial charge < -0.3 is 15.2 Å². The molecule has 0 aliphatic carbocycles. The third-order valence-electron chi connectivity index (χ3n) is 3.91. The molecule has 0 bridgehead atoms. The number of benzene rings is 1. The molecule has 0 saturated carbocycles. The summed E-state index contributed by atoms with van der Waals surface area (Å²) in [6.45, 7) is 5.46. The molecule has 1 aliphatic heterocycles. The highest BCUT2D eigenvalue weighted by atomic mass is 16.5. The minimum absolute atomic E-state index is 0.157. The zero-order chi connectivity index (χ0) is 14.0. The highest BCUT2D eigenvalue weighted by Gasteiger charge is 2.36. The fourth-order valence-electron chi connectivity index (χ4n) is 2.89. The van der Waals surface area contributed by atoms with Crippen molar-refractivity contribution < 1.29 is 9.47 Å². The van der Waals surface area contributed by atoms with Crippen molar-refractivity contribution >= 4 is 0 Å². The Morgan fingerprint density at radius 3 is 2.58 bits per heavy atom. The van der Waals surface area contributed by atoms with Crippen LogP contribution in [0.3, 0.4) is 0 Å². The normalized spacial score (nSPS) is 23.9. The van der Waals surface area contributed by atoms with E-state index in [9.17, 15) is 0 Å². The molecule has 106 valence electrons. The van der Waals surface area contributed by atoms with Gasteiger partial charge in [-0.2, -0.15) is 0 Å². The van der Waals surface area contributed by atoms with Crippen LogP contribution in [0.15, 0.2) is 18.2 Å². The van der Waals surface area contributed by atoms with Crippen molar-refractivity contribution in [1.82, 2.24) is 4.90 Å². The smallest absolute Gasteiger partial charge is 0.127 e. The summed E-state index contributed by atoms with van der Waals surface area (Å²) >= 11 is 0. The van der Waals surface area contributed by atoms with Gasteiger partial charge in [0.15, 0.2) is 0 Å². The van der Waals surface area contributed by atoms with Crippen LogP contribution in [0.4, 0.5) is 0 Å². The van der Waals surface area contributed by atoms with Gasteiger partial charge in [-0.15, -0.1) is 0 Å². The largest absolute Gasteiger partial charge is 0.497 e. The van der Waals surface area contributed by atoms with E-state index in [1.807, 2.05) is 12.1 Å². The van der Waals surface area contributed by atoms with E-state index in [0.29, 0.717) is 6.04 Å². The number of nitrogens with zero attached hydrogens (tertiary/aromatic N) is 1. The molecule has 0 spiro atoms. The van der Waals surface area contributed by atoms with Crippen LogP contribution in [-0.4, -0.2) is 37.7 Å². The van der Waals surface area contributed by atoms with Crippen LogP contribution in [0.25, 0.3) is 0 Å². The molecule has 19 heavy (non-hydrogen) atoms. The number of rotatable bonds is 4. The highest BCUT2D eigenvalue weighted by molar-refractivity contribution is 5.43. The van der Waals surface area contributed by atoms with Crippen molar-refractivity contribution in [3.8, 4) is 11.5 Å². The van der Waals surface area contributed by atoms with Gasteiger partial charge in [0.2, 0.25) is 0 Å². The van der Waals surface area contributed by atoms with E-state index in [4.69, 9.17) is 15.2 Å². The number of hydrogen-bond acceptors (Lipinski definition) is 4. The Hall–Kier alpha value is -1.26. The Kier molecular flexibility index (Phi) is 4.32. The molecule has 0 radical (unpaired) electrons. The highest BCUT2D eigenvalue weighted by Crippen LogP contribution is 2.39. The first-order valence-corrected chi connectivity index (χ1v) is 6.81. The predicted octanol–water partition coefficient (Wildman–Crippen LogP) is 2.19. The van der Waals surface area contributed by atoms with Crippen LogP contribution in [0.2, 0.25) is 0 Å². The summed E-state index contributed by atoms with van der Waals surface area (Å²) in [4.78, 5) is 2.44. The molecule has 4 nitrogen and oxygen atoms in total. The SMILES string of the molecule is COc1ccc(C2C(N)CCN2C(C)C)c(OC)c1. The maximum atomic E-state index is 6.30. The zero-order valence-corrected chi connectivity index (χ0v) is 12.2. The van der Waals surface area contributed by atoms with Crippen molar-refractivity contribution in [1.29, 1.82) is 0 Å². The van der Waals surface area contributed by atoms with E-state index in [1.165, 1.54) is 0 Å². The minimum Gasteiger partial charge on any atom is -0.497 e. The summed E-state index contributed by atoms with van der Waals surface area (Å²) in [6, 6.07) is 6.83. The van der Waals surface area contributed by atoms with Crippen LogP contribution in [0.5, 0.6) is 11.5 Å². The molecule has 0 aromatic heterocycles. The third kappa shape index (κ3) is 2.69. The summed E-state index contributed by atoms with van der Waals surface area (Å²) in [5.41, 5.74) is 7.46. The second-order valence-corrected chi connectivity index (χ2v) is 5.34. The van der Waals surface area contributed by atoms with Gasteiger partial charge in [-0.25, -0.2) is 0 Å². The van der Waals surface area contributed by atoms with Crippen LogP contribution >= 0.6 is 0 Å². The number of ether oxygens (including phenoxy) is 2. The fourth-order valence-corrected chi connectivity index (χ4v) is 2.89. The second kappa shape index (κ2) is 5.80. The van der Waals surface area contributed by atoms with Gasteiger partial charge in [0.1, 0.15) is 11.5 Å². The molecule has 1 aromatic carbocycles. The average Bonchev–Trinajstić information content (AvgIpc) is 2.80. The Morgan fingerprint density at radius 2 is 2.00 bits per heavy atom. The molecule has 1 saturated heterocycles. The van der Waals surface area contributed by atoms with E-state index in [0.717, 1.165) is 30.0 Å². The third-order valence-corrected chi connectivity index (χ3v) is 3.91. The fraction of sp³-hybridized carbons (Fsp3) is 0.600. The molecule has 1 aromatic rings. The lowest BCUT2D eigenvalue weighted by molar-refractivity contribution is 0.194. The Balaban J connectivity index is 2.38. The molecular formula is C15H24N2O2. The zero-order valence-electron chi connectivity index (χ0n) is 12.2. The standard InChI is InChI=1S/C15H24N2O2/c1-10(2)17-8-7-13(16)15(17)12-6-5-11(18-3)9-14(12)19-4/h5-6,9-10,13,15H,7-8,16H2,1-4H3. The summed E-state index contributed by atoms with van der Waals surface area (Å²) in [5.74, 6) is 1.66. The number of methoxy groups -OCH3 is 2. The molecule has 2 N–H and O–H groups in total. The molecule has 0 amide bonds. The van der Waals surface area contributed by atoms with Gasteiger partial charge in [0.25, 0.3) is 0 Å². The van der Waals surface area contributed by atoms with Crippen molar-refractivity contribution in [3.05, 3.63) is 23.8 Å². The second-order valence-electron chi connectivity index (χ2n) is 5.34. The van der Waals surface area contributed by atoms with E-state index >= 15 is 0 Å². The molecular weight excluding hydrogens is 240 g/mol. The van der Waals surface area contributed by atoms with Crippen molar-refractivity contribution in [3.63, 3.8) is 0 Å². The molecule has 1 fully saturated rings. The van der Waals surface area contributed by atoms with E-state index in [-0.39, 0.29) is 12.1 Å². The van der Waals surface area contributed by atoms with Gasteiger partial charge in [-0.1, -0.05) is 6.07 Å². The monoisotopic (exact) mass is 264 g/mol. The van der Waals surface area contributed by atoms with E-state index in [1.54, 1.807) is 14.2 Å². The topological polar surface area (TPSA) is 47.7 Å². The molecule has 1 aliphatic rings. The predicted molar refractivity (Wildman–Crippen MR) is 76.7 cm³/mol. The van der Waals surface area contributed by atoms with Crippen LogP contribution in [0, 0.1) is 0 Å². The van der Waals surface area contributed by atoms with Crippen molar-refractivity contribution in [2.75, 3.05) is 20.8 Å². The number of likely N-dealkylation sites (tertiary alicyclic amines) is 1. The quantitative estimate of drug-likeness (QED) is 0.905. The number of nitrogens with two attached hydrogens (primary N) is 1. The Morgan fingerprint density at radius 1 is 1.26 bits per heavy atom. The van der Waals surface area contributed by atoms with Crippen LogP contribution in [0.1, 0.15) is 31.9 Å². The first kappa shape index (κ1) is 14.2. The molecule has 2 atom stereocenters. The maximum absolute atomic E-state index is 6.30. The molecule has 2 unspecified atom stereocenters. The lowest BCUT2D eigenvalue weighted by Crippen LogP contribution is -2.36. The summed E-state index contributed by atoms with van der Waals surface area (Å²) < 4.78 is 10.8. The van der Waals surface area contributed by atoms with E-state index in [2.05, 4.69) is 24.8 Å². The lowest BCUT2D eigenvalue weighted by Gasteiger charge is -2.31. The van der Waals surface area contributed by atoms with Crippen molar-refractivity contribution in [2.24, 2.45) is 5.73 Å². The molecule has 1 heterocycles. The van der Waals surface area contributed by atoms with Gasteiger partial charge >= 0.3 is 0 Å². The number of hydrogen-bond donors (Lipinski definition) is 1. The summed E-state index contributed by atoms with van der Waals surface area (Å²) in [6.07, 6.45) is 1.03. The van der Waals surface area contributed by atoms with Crippen LogP contribution in [-0.2, 0) is 0 Å².